The van der Waals surface area contributed by atoms with Gasteiger partial charge in [0, 0.05) is 24.8 Å². The van der Waals surface area contributed by atoms with Crippen LogP contribution >= 0.6 is 0 Å². The highest BCUT2D eigenvalue weighted by Gasteiger charge is 2.21. The largest absolute Gasteiger partial charge is 0.315 e. The highest BCUT2D eigenvalue weighted by molar-refractivity contribution is 5.26. The lowest BCUT2D eigenvalue weighted by atomic mass is 10.0. The molecule has 4 nitrogen and oxygen atoms in total. The first-order valence-corrected chi connectivity index (χ1v) is 7.80. The Morgan fingerprint density at radius 3 is 2.95 bits per heavy atom. The molecule has 1 atom stereocenters. The van der Waals surface area contributed by atoms with E-state index in [0.29, 0.717) is 6.04 Å². The number of aromatic amines is 1. The molecular formula is C15H26N4. The van der Waals surface area contributed by atoms with Gasteiger partial charge >= 0.3 is 0 Å². The van der Waals surface area contributed by atoms with Crippen molar-refractivity contribution in [2.24, 2.45) is 0 Å². The van der Waals surface area contributed by atoms with E-state index in [1.165, 1.54) is 68.4 Å². The highest BCUT2D eigenvalue weighted by atomic mass is 15.2. The van der Waals surface area contributed by atoms with E-state index in [1.807, 2.05) is 0 Å². The second-order valence-electron chi connectivity index (χ2n) is 6.10. The van der Waals surface area contributed by atoms with Gasteiger partial charge in [0.1, 0.15) is 0 Å². The van der Waals surface area contributed by atoms with Gasteiger partial charge in [-0.2, -0.15) is 5.10 Å². The van der Waals surface area contributed by atoms with Crippen molar-refractivity contribution in [3.63, 3.8) is 0 Å². The number of nitrogens with zero attached hydrogens (tertiary/aromatic N) is 2. The van der Waals surface area contributed by atoms with Gasteiger partial charge in [-0.25, -0.2) is 0 Å². The van der Waals surface area contributed by atoms with E-state index in [0.717, 1.165) is 13.1 Å². The van der Waals surface area contributed by atoms with Gasteiger partial charge in [-0.1, -0.05) is 6.42 Å². The fourth-order valence-corrected chi connectivity index (χ4v) is 3.43. The van der Waals surface area contributed by atoms with Crippen LogP contribution < -0.4 is 5.32 Å². The van der Waals surface area contributed by atoms with E-state index in [2.05, 4.69) is 27.5 Å². The third-order valence-corrected chi connectivity index (χ3v) is 4.69. The highest BCUT2D eigenvalue weighted by Crippen LogP contribution is 2.23. The van der Waals surface area contributed by atoms with Crippen LogP contribution in [0.5, 0.6) is 0 Å². The Hall–Kier alpha value is -0.870. The quantitative estimate of drug-likeness (QED) is 0.817. The molecule has 0 radical (unpaired) electrons. The molecule has 2 aliphatic rings. The summed E-state index contributed by atoms with van der Waals surface area (Å²) in [6, 6.07) is 0.673. The van der Waals surface area contributed by atoms with Crippen LogP contribution in [-0.4, -0.2) is 41.3 Å². The molecule has 0 amide bonds. The molecule has 19 heavy (non-hydrogen) atoms. The minimum Gasteiger partial charge on any atom is -0.315 e. The van der Waals surface area contributed by atoms with Gasteiger partial charge < -0.3 is 5.32 Å². The number of piperidine rings is 1. The number of likely N-dealkylation sites (N-methyl/N-ethyl adjacent to an activating group) is 1. The van der Waals surface area contributed by atoms with Crippen LogP contribution in [-0.2, 0) is 19.4 Å². The zero-order chi connectivity index (χ0) is 13.1. The Labute approximate surface area is 116 Å². The molecule has 0 aromatic carbocycles. The normalized spacial score (nSPS) is 24.2. The van der Waals surface area contributed by atoms with Crippen molar-refractivity contribution in [1.82, 2.24) is 20.4 Å². The van der Waals surface area contributed by atoms with Gasteiger partial charge in [0.2, 0.25) is 0 Å². The maximum Gasteiger partial charge on any atom is 0.0797 e. The smallest absolute Gasteiger partial charge is 0.0797 e. The van der Waals surface area contributed by atoms with Crippen molar-refractivity contribution < 1.29 is 0 Å². The molecule has 1 aromatic heterocycles. The molecule has 1 saturated heterocycles. The Kier molecular flexibility index (Phi) is 4.18. The standard InChI is InChI=1S/C15H26N4/c1-19(12-6-5-9-16-10-12)11-15-13-7-3-2-4-8-14(13)17-18-15/h12,16H,2-11H2,1H3,(H,17,18)/t12-/m0/s1. The van der Waals surface area contributed by atoms with Crippen LogP contribution in [0.4, 0.5) is 0 Å². The number of hydrogen-bond acceptors (Lipinski definition) is 3. The van der Waals surface area contributed by atoms with Crippen LogP contribution in [0, 0.1) is 0 Å². The lowest BCUT2D eigenvalue weighted by Gasteiger charge is -2.31. The number of fused-ring (bicyclic) bond motifs is 1. The molecule has 2 heterocycles. The van der Waals surface area contributed by atoms with Gasteiger partial charge in [-0.15, -0.1) is 0 Å². The number of rotatable bonds is 3. The van der Waals surface area contributed by atoms with Gasteiger partial charge in [-0.3, -0.25) is 10.00 Å². The maximum atomic E-state index is 4.59. The van der Waals surface area contributed by atoms with Gasteiger partial charge in [0.25, 0.3) is 0 Å². The molecule has 1 aliphatic carbocycles. The number of aryl methyl sites for hydroxylation is 1. The summed E-state index contributed by atoms with van der Waals surface area (Å²) in [5.41, 5.74) is 4.22. The van der Waals surface area contributed by atoms with E-state index >= 15 is 0 Å². The summed E-state index contributed by atoms with van der Waals surface area (Å²) in [7, 11) is 2.25. The molecule has 3 rings (SSSR count). The second kappa shape index (κ2) is 6.06. The predicted molar refractivity (Wildman–Crippen MR) is 77.2 cm³/mol. The fraction of sp³-hybridized carbons (Fsp3) is 0.800. The summed E-state index contributed by atoms with van der Waals surface area (Å²) in [5.74, 6) is 0. The molecule has 0 saturated carbocycles. The van der Waals surface area contributed by atoms with Crippen LogP contribution in [0.2, 0.25) is 0 Å². The number of hydrogen-bond donors (Lipinski definition) is 2. The summed E-state index contributed by atoms with van der Waals surface area (Å²) in [6.45, 7) is 3.31. The summed E-state index contributed by atoms with van der Waals surface area (Å²) >= 11 is 0. The first-order chi connectivity index (χ1) is 9.34. The Balaban J connectivity index is 1.67. The minimum atomic E-state index is 0.673. The van der Waals surface area contributed by atoms with Crippen LogP contribution in [0.15, 0.2) is 0 Å². The van der Waals surface area contributed by atoms with Gasteiger partial charge in [0.05, 0.1) is 5.69 Å². The Morgan fingerprint density at radius 2 is 2.11 bits per heavy atom. The van der Waals surface area contributed by atoms with Gasteiger partial charge in [-0.05, 0) is 57.7 Å². The average molecular weight is 262 g/mol. The molecular weight excluding hydrogens is 236 g/mol. The van der Waals surface area contributed by atoms with E-state index in [1.54, 1.807) is 0 Å². The van der Waals surface area contributed by atoms with Crippen molar-refractivity contribution in [1.29, 1.82) is 0 Å². The van der Waals surface area contributed by atoms with Crippen LogP contribution in [0.3, 0.4) is 0 Å². The van der Waals surface area contributed by atoms with Crippen LogP contribution in [0.25, 0.3) is 0 Å². The van der Waals surface area contributed by atoms with E-state index in [4.69, 9.17) is 0 Å². The lowest BCUT2D eigenvalue weighted by Crippen LogP contribution is -2.43. The van der Waals surface area contributed by atoms with Gasteiger partial charge in [0.15, 0.2) is 0 Å². The number of H-pyrrole nitrogens is 1. The molecule has 4 heteroatoms. The molecule has 0 unspecified atom stereocenters. The molecule has 1 aliphatic heterocycles. The SMILES string of the molecule is CN(Cc1n[nH]c2c1CCCCC2)[C@H]1CCCNC1. The van der Waals surface area contributed by atoms with E-state index in [9.17, 15) is 0 Å². The summed E-state index contributed by atoms with van der Waals surface area (Å²) < 4.78 is 0. The number of aromatic nitrogens is 2. The maximum absolute atomic E-state index is 4.59. The average Bonchev–Trinajstić information content (AvgIpc) is 2.68. The summed E-state index contributed by atoms with van der Waals surface area (Å²) in [6.07, 6.45) is 9.04. The third kappa shape index (κ3) is 3.00. The van der Waals surface area contributed by atoms with Crippen molar-refractivity contribution in [3.8, 4) is 0 Å². The number of nitrogens with one attached hydrogen (secondary N) is 2. The monoisotopic (exact) mass is 262 g/mol. The molecule has 1 fully saturated rings. The van der Waals surface area contributed by atoms with E-state index < -0.39 is 0 Å². The zero-order valence-electron chi connectivity index (χ0n) is 12.0. The first-order valence-electron chi connectivity index (χ1n) is 7.80. The van der Waals surface area contributed by atoms with Crippen molar-refractivity contribution in [2.75, 3.05) is 20.1 Å². The van der Waals surface area contributed by atoms with Crippen molar-refractivity contribution in [3.05, 3.63) is 17.0 Å². The first kappa shape index (κ1) is 13.1. The molecule has 2 N–H and O–H groups in total. The van der Waals surface area contributed by atoms with Crippen LogP contribution in [0.1, 0.15) is 49.1 Å². The summed E-state index contributed by atoms with van der Waals surface area (Å²) in [5, 5.41) is 11.4. The van der Waals surface area contributed by atoms with Crippen molar-refractivity contribution >= 4 is 0 Å². The zero-order valence-corrected chi connectivity index (χ0v) is 12.0. The summed E-state index contributed by atoms with van der Waals surface area (Å²) in [4.78, 5) is 2.48. The third-order valence-electron chi connectivity index (χ3n) is 4.69. The Bertz CT molecular complexity index is 406. The predicted octanol–water partition coefficient (Wildman–Crippen LogP) is 1.86. The second-order valence-corrected chi connectivity index (χ2v) is 6.10. The molecule has 106 valence electrons. The van der Waals surface area contributed by atoms with Crippen molar-refractivity contribution in [2.45, 2.75) is 57.5 Å². The molecule has 0 bridgehead atoms. The van der Waals surface area contributed by atoms with E-state index in [-0.39, 0.29) is 0 Å². The Morgan fingerprint density at radius 1 is 1.21 bits per heavy atom. The minimum absolute atomic E-state index is 0.673. The molecule has 0 spiro atoms. The topological polar surface area (TPSA) is 44.0 Å². The molecule has 1 aromatic rings. The lowest BCUT2D eigenvalue weighted by molar-refractivity contribution is 0.193. The fourth-order valence-electron chi connectivity index (χ4n) is 3.43.